The molecule has 0 radical (unpaired) electrons. The molecule has 0 saturated carbocycles. The van der Waals surface area contributed by atoms with Gasteiger partial charge in [0, 0.05) is 12.1 Å². The van der Waals surface area contributed by atoms with Crippen LogP contribution in [0.25, 0.3) is 0 Å². The second-order valence-electron chi connectivity index (χ2n) is 7.79. The van der Waals surface area contributed by atoms with Gasteiger partial charge in [0.15, 0.2) is 0 Å². The highest BCUT2D eigenvalue weighted by Gasteiger charge is 2.05. The van der Waals surface area contributed by atoms with Crippen LogP contribution in [0.2, 0.25) is 0 Å². The van der Waals surface area contributed by atoms with Crippen LogP contribution < -0.4 is 5.32 Å². The summed E-state index contributed by atoms with van der Waals surface area (Å²) < 4.78 is 0. The summed E-state index contributed by atoms with van der Waals surface area (Å²) in [7, 11) is 0. The molecule has 1 amide bonds. The Bertz CT molecular complexity index is 495. The molecular formula is C24H41NO. The Labute approximate surface area is 162 Å². The first-order chi connectivity index (χ1) is 12.6. The highest BCUT2D eigenvalue weighted by atomic mass is 16.1. The molecule has 0 aliphatic rings. The SMILES string of the molecule is CCCCCCCCCCCCCCCC(=O)Nc1cccc(C)c1C. The maximum Gasteiger partial charge on any atom is 0.224 e. The van der Waals surface area contributed by atoms with E-state index in [0.29, 0.717) is 6.42 Å². The van der Waals surface area contributed by atoms with Gasteiger partial charge in [0.25, 0.3) is 0 Å². The van der Waals surface area contributed by atoms with Crippen molar-refractivity contribution in [3.05, 3.63) is 29.3 Å². The smallest absolute Gasteiger partial charge is 0.224 e. The van der Waals surface area contributed by atoms with Crippen molar-refractivity contribution in [2.24, 2.45) is 0 Å². The zero-order valence-corrected chi connectivity index (χ0v) is 17.5. The van der Waals surface area contributed by atoms with E-state index in [1.165, 1.54) is 88.2 Å². The molecule has 148 valence electrons. The average molecular weight is 360 g/mol. The summed E-state index contributed by atoms with van der Waals surface area (Å²) in [4.78, 5) is 12.1. The number of aryl methyl sites for hydroxylation is 1. The number of rotatable bonds is 15. The van der Waals surface area contributed by atoms with Crippen LogP contribution in [0.1, 0.15) is 108 Å². The average Bonchev–Trinajstić information content (AvgIpc) is 2.63. The number of nitrogens with one attached hydrogen (secondary N) is 1. The summed E-state index contributed by atoms with van der Waals surface area (Å²) in [6.07, 6.45) is 18.0. The van der Waals surface area contributed by atoms with Gasteiger partial charge >= 0.3 is 0 Å². The van der Waals surface area contributed by atoms with Crippen LogP contribution in [0.15, 0.2) is 18.2 Å². The van der Waals surface area contributed by atoms with Crippen molar-refractivity contribution >= 4 is 11.6 Å². The van der Waals surface area contributed by atoms with Gasteiger partial charge in [-0.05, 0) is 37.5 Å². The number of hydrogen-bond donors (Lipinski definition) is 1. The monoisotopic (exact) mass is 359 g/mol. The van der Waals surface area contributed by atoms with E-state index in [2.05, 4.69) is 32.2 Å². The molecule has 0 aromatic heterocycles. The summed E-state index contributed by atoms with van der Waals surface area (Å²) in [5, 5.41) is 3.06. The highest BCUT2D eigenvalue weighted by molar-refractivity contribution is 5.91. The molecule has 2 heteroatoms. The van der Waals surface area contributed by atoms with Gasteiger partial charge in [0.05, 0.1) is 0 Å². The second-order valence-corrected chi connectivity index (χ2v) is 7.79. The van der Waals surface area contributed by atoms with E-state index >= 15 is 0 Å². The summed E-state index contributed by atoms with van der Waals surface area (Å²) in [6, 6.07) is 6.07. The second kappa shape index (κ2) is 14.8. The Morgan fingerprint density at radius 2 is 1.27 bits per heavy atom. The predicted octanol–water partition coefficient (Wildman–Crippen LogP) is 7.72. The van der Waals surface area contributed by atoms with Gasteiger partial charge in [-0.15, -0.1) is 0 Å². The minimum Gasteiger partial charge on any atom is -0.326 e. The van der Waals surface area contributed by atoms with Crippen LogP contribution in [-0.2, 0) is 4.79 Å². The van der Waals surface area contributed by atoms with Gasteiger partial charge in [0.1, 0.15) is 0 Å². The Balaban J connectivity index is 1.92. The van der Waals surface area contributed by atoms with Crippen LogP contribution in [0.3, 0.4) is 0 Å². The molecule has 0 heterocycles. The van der Waals surface area contributed by atoms with Gasteiger partial charge in [-0.3, -0.25) is 4.79 Å². The predicted molar refractivity (Wildman–Crippen MR) is 115 cm³/mol. The van der Waals surface area contributed by atoms with E-state index in [9.17, 15) is 4.79 Å². The third kappa shape index (κ3) is 10.6. The number of anilines is 1. The van der Waals surface area contributed by atoms with Crippen molar-refractivity contribution in [2.45, 2.75) is 111 Å². The largest absolute Gasteiger partial charge is 0.326 e. The molecule has 1 rings (SSSR count). The van der Waals surface area contributed by atoms with Gasteiger partial charge in [0.2, 0.25) is 5.91 Å². The summed E-state index contributed by atoms with van der Waals surface area (Å²) in [5.74, 6) is 0.154. The molecule has 0 spiro atoms. The molecule has 2 nitrogen and oxygen atoms in total. The number of unbranched alkanes of at least 4 members (excludes halogenated alkanes) is 12. The Morgan fingerprint density at radius 3 is 1.81 bits per heavy atom. The lowest BCUT2D eigenvalue weighted by atomic mass is 10.0. The molecule has 0 fully saturated rings. The standard InChI is InChI=1S/C24H41NO/c1-4-5-6-7-8-9-10-11-12-13-14-15-16-20-24(26)25-23-19-17-18-21(2)22(23)3/h17-19H,4-16,20H2,1-3H3,(H,25,26). The highest BCUT2D eigenvalue weighted by Crippen LogP contribution is 2.18. The first-order valence-corrected chi connectivity index (χ1v) is 11.0. The van der Waals surface area contributed by atoms with Crippen molar-refractivity contribution in [1.29, 1.82) is 0 Å². The minimum absolute atomic E-state index is 0.154. The fraction of sp³-hybridized carbons (Fsp3) is 0.708. The molecule has 0 atom stereocenters. The zero-order valence-electron chi connectivity index (χ0n) is 17.5. The number of benzene rings is 1. The van der Waals surface area contributed by atoms with Crippen LogP contribution in [0.5, 0.6) is 0 Å². The van der Waals surface area contributed by atoms with Crippen molar-refractivity contribution < 1.29 is 4.79 Å². The van der Waals surface area contributed by atoms with Crippen molar-refractivity contribution in [3.63, 3.8) is 0 Å². The molecule has 26 heavy (non-hydrogen) atoms. The normalized spacial score (nSPS) is 10.9. The lowest BCUT2D eigenvalue weighted by Crippen LogP contribution is -2.12. The lowest BCUT2D eigenvalue weighted by Gasteiger charge is -2.10. The minimum atomic E-state index is 0.154. The molecule has 0 aliphatic heterocycles. The molecule has 1 aromatic carbocycles. The van der Waals surface area contributed by atoms with Crippen molar-refractivity contribution in [1.82, 2.24) is 0 Å². The number of carbonyl (C=O) groups is 1. The van der Waals surface area contributed by atoms with Crippen LogP contribution in [0.4, 0.5) is 5.69 Å². The van der Waals surface area contributed by atoms with Crippen LogP contribution in [0, 0.1) is 13.8 Å². The fourth-order valence-corrected chi connectivity index (χ4v) is 3.40. The summed E-state index contributed by atoms with van der Waals surface area (Å²) in [6.45, 7) is 6.42. The third-order valence-corrected chi connectivity index (χ3v) is 5.39. The Morgan fingerprint density at radius 1 is 0.769 bits per heavy atom. The number of hydrogen-bond acceptors (Lipinski definition) is 1. The van der Waals surface area contributed by atoms with Gasteiger partial charge in [-0.25, -0.2) is 0 Å². The summed E-state index contributed by atoms with van der Waals surface area (Å²) in [5.41, 5.74) is 3.36. The fourth-order valence-electron chi connectivity index (χ4n) is 3.40. The third-order valence-electron chi connectivity index (χ3n) is 5.39. The summed E-state index contributed by atoms with van der Waals surface area (Å²) >= 11 is 0. The van der Waals surface area contributed by atoms with Gasteiger partial charge < -0.3 is 5.32 Å². The number of amides is 1. The molecule has 0 bridgehead atoms. The molecule has 1 N–H and O–H groups in total. The lowest BCUT2D eigenvalue weighted by molar-refractivity contribution is -0.116. The maximum atomic E-state index is 12.1. The van der Waals surface area contributed by atoms with Gasteiger partial charge in [-0.2, -0.15) is 0 Å². The quantitative estimate of drug-likeness (QED) is 0.319. The molecule has 0 aliphatic carbocycles. The van der Waals surface area contributed by atoms with Crippen LogP contribution >= 0.6 is 0 Å². The first kappa shape index (κ1) is 22.7. The van der Waals surface area contributed by atoms with E-state index in [1.807, 2.05) is 12.1 Å². The number of carbonyl (C=O) groups excluding carboxylic acids is 1. The zero-order chi connectivity index (χ0) is 19.0. The van der Waals surface area contributed by atoms with E-state index in [0.717, 1.165) is 12.1 Å². The van der Waals surface area contributed by atoms with Crippen LogP contribution in [-0.4, -0.2) is 5.91 Å². The van der Waals surface area contributed by atoms with Crippen molar-refractivity contribution in [3.8, 4) is 0 Å². The van der Waals surface area contributed by atoms with E-state index < -0.39 is 0 Å². The van der Waals surface area contributed by atoms with Crippen molar-refractivity contribution in [2.75, 3.05) is 5.32 Å². The Hall–Kier alpha value is -1.31. The molecule has 0 saturated heterocycles. The topological polar surface area (TPSA) is 29.1 Å². The maximum absolute atomic E-state index is 12.1. The van der Waals surface area contributed by atoms with E-state index in [-0.39, 0.29) is 5.91 Å². The van der Waals surface area contributed by atoms with E-state index in [4.69, 9.17) is 0 Å². The molecular weight excluding hydrogens is 318 g/mol. The Kier molecular flexibility index (Phi) is 13.0. The molecule has 0 unspecified atom stereocenters. The first-order valence-electron chi connectivity index (χ1n) is 11.0. The van der Waals surface area contributed by atoms with E-state index in [1.54, 1.807) is 0 Å². The molecule has 1 aromatic rings. The van der Waals surface area contributed by atoms with Gasteiger partial charge in [-0.1, -0.05) is 96.1 Å².